The van der Waals surface area contributed by atoms with Crippen molar-refractivity contribution in [3.8, 4) is 6.01 Å². The Morgan fingerprint density at radius 2 is 2.17 bits per heavy atom. The van der Waals surface area contributed by atoms with Gasteiger partial charge < -0.3 is 14.8 Å². The molecule has 23 heavy (non-hydrogen) atoms. The quantitative estimate of drug-likeness (QED) is 0.654. The van der Waals surface area contributed by atoms with Gasteiger partial charge >= 0.3 is 17.9 Å². The van der Waals surface area contributed by atoms with Crippen molar-refractivity contribution in [3.05, 3.63) is 28.7 Å². The fraction of sp³-hybridized carbons (Fsp3) is 0.167. The number of aromatic amines is 1. The molecule has 0 atom stereocenters. The lowest BCUT2D eigenvalue weighted by Gasteiger charge is -2.04. The Bertz CT molecular complexity index is 1100. The molecule has 0 aliphatic heterocycles. The predicted molar refractivity (Wildman–Crippen MR) is 77.5 cm³/mol. The molecule has 3 rings (SSSR count). The maximum atomic E-state index is 12.0. The standard InChI is InChI=1S/C12H10N4O6S/c1-2-23(20,21)6-3-4-8-7(5-6)9-14-10(22-12(18)19)15-16(9)11(17)13-8/h3-5H,2H2,1H3,(H,13,17)(H,18,19). The summed E-state index contributed by atoms with van der Waals surface area (Å²) in [6, 6.07) is 3.63. The number of carbonyl (C=O) groups is 1. The van der Waals surface area contributed by atoms with Gasteiger partial charge in [0.2, 0.25) is 0 Å². The Hall–Kier alpha value is -2.95. The zero-order chi connectivity index (χ0) is 16.8. The van der Waals surface area contributed by atoms with Gasteiger partial charge in [-0.3, -0.25) is 0 Å². The third kappa shape index (κ3) is 2.50. The summed E-state index contributed by atoms with van der Waals surface area (Å²) in [7, 11) is -3.46. The molecule has 0 bridgehead atoms. The maximum absolute atomic E-state index is 12.0. The summed E-state index contributed by atoms with van der Waals surface area (Å²) < 4.78 is 29.1. The number of H-pyrrole nitrogens is 1. The molecule has 2 N–H and O–H groups in total. The van der Waals surface area contributed by atoms with E-state index in [2.05, 4.69) is 19.8 Å². The van der Waals surface area contributed by atoms with E-state index in [1.807, 2.05) is 0 Å². The molecule has 0 radical (unpaired) electrons. The lowest BCUT2D eigenvalue weighted by molar-refractivity contribution is 0.140. The summed E-state index contributed by atoms with van der Waals surface area (Å²) in [6.07, 6.45) is -1.63. The number of nitrogens with zero attached hydrogens (tertiary/aromatic N) is 3. The molecule has 0 amide bonds. The number of rotatable bonds is 3. The van der Waals surface area contributed by atoms with Gasteiger partial charge in [-0.05, 0) is 18.2 Å². The van der Waals surface area contributed by atoms with Gasteiger partial charge in [0.05, 0.1) is 16.2 Å². The highest BCUT2D eigenvalue weighted by Gasteiger charge is 2.17. The first-order valence-electron chi connectivity index (χ1n) is 6.38. The second-order valence-electron chi connectivity index (χ2n) is 4.54. The van der Waals surface area contributed by atoms with E-state index < -0.39 is 27.7 Å². The van der Waals surface area contributed by atoms with E-state index in [0.717, 1.165) is 4.52 Å². The number of hydrogen-bond donors (Lipinski definition) is 2. The number of nitrogens with one attached hydrogen (secondary N) is 1. The molecule has 1 aromatic carbocycles. The van der Waals surface area contributed by atoms with Crippen LogP contribution in [-0.4, -0.2) is 45.0 Å². The van der Waals surface area contributed by atoms with Crippen molar-refractivity contribution in [2.75, 3.05) is 5.75 Å². The van der Waals surface area contributed by atoms with Crippen molar-refractivity contribution in [3.63, 3.8) is 0 Å². The van der Waals surface area contributed by atoms with E-state index >= 15 is 0 Å². The van der Waals surface area contributed by atoms with E-state index in [0.29, 0.717) is 10.9 Å². The first-order valence-corrected chi connectivity index (χ1v) is 8.03. The van der Waals surface area contributed by atoms with E-state index in [9.17, 15) is 18.0 Å². The fourth-order valence-electron chi connectivity index (χ4n) is 2.08. The molecular formula is C12H10N4O6S. The van der Waals surface area contributed by atoms with Crippen LogP contribution in [0.1, 0.15) is 6.92 Å². The first kappa shape index (κ1) is 15.0. The van der Waals surface area contributed by atoms with Crippen LogP contribution < -0.4 is 10.4 Å². The van der Waals surface area contributed by atoms with Gasteiger partial charge in [0, 0.05) is 5.39 Å². The van der Waals surface area contributed by atoms with Gasteiger partial charge in [0.25, 0.3) is 0 Å². The smallest absolute Gasteiger partial charge is 0.449 e. The number of hydrogen-bond acceptors (Lipinski definition) is 7. The number of aromatic nitrogens is 4. The van der Waals surface area contributed by atoms with Crippen LogP contribution in [0, 0.1) is 0 Å². The molecular weight excluding hydrogens is 328 g/mol. The minimum atomic E-state index is -3.46. The molecule has 0 fully saturated rings. The van der Waals surface area contributed by atoms with Gasteiger partial charge in [0.1, 0.15) is 0 Å². The molecule has 0 aliphatic rings. The summed E-state index contributed by atoms with van der Waals surface area (Å²) in [6.45, 7) is 1.51. The normalized spacial score (nSPS) is 11.9. The number of sulfone groups is 1. The lowest BCUT2D eigenvalue weighted by atomic mass is 10.2. The Morgan fingerprint density at radius 1 is 1.43 bits per heavy atom. The largest absolute Gasteiger partial charge is 0.513 e. The number of benzene rings is 1. The second kappa shape index (κ2) is 5.05. The molecule has 2 heterocycles. The Labute approximate surface area is 128 Å². The lowest BCUT2D eigenvalue weighted by Crippen LogP contribution is -2.17. The summed E-state index contributed by atoms with van der Waals surface area (Å²) in [5.41, 5.74) is -0.327. The highest BCUT2D eigenvalue weighted by molar-refractivity contribution is 7.91. The van der Waals surface area contributed by atoms with Gasteiger partial charge in [-0.25, -0.2) is 18.0 Å². The summed E-state index contributed by atoms with van der Waals surface area (Å²) in [5, 5.41) is 12.5. The fourth-order valence-corrected chi connectivity index (χ4v) is 2.98. The SMILES string of the molecule is CCS(=O)(=O)c1ccc2[nH]c(=O)n3nc(OC(=O)O)nc3c2c1. The van der Waals surface area contributed by atoms with Crippen molar-refractivity contribution in [1.82, 2.24) is 19.6 Å². The van der Waals surface area contributed by atoms with Gasteiger partial charge in [0.15, 0.2) is 15.5 Å². The molecule has 0 spiro atoms. The average Bonchev–Trinajstić information content (AvgIpc) is 2.90. The van der Waals surface area contributed by atoms with E-state index in [-0.39, 0.29) is 16.3 Å². The summed E-state index contributed by atoms with van der Waals surface area (Å²) in [4.78, 5) is 28.8. The minimum absolute atomic E-state index is 0.00634. The van der Waals surface area contributed by atoms with Crippen LogP contribution in [0.5, 0.6) is 6.01 Å². The van der Waals surface area contributed by atoms with Gasteiger partial charge in [-0.15, -0.1) is 5.10 Å². The molecule has 3 aromatic rings. The Balaban J connectivity index is 2.35. The van der Waals surface area contributed by atoms with Crippen molar-refractivity contribution in [1.29, 1.82) is 0 Å². The average molecular weight is 338 g/mol. The van der Waals surface area contributed by atoms with Gasteiger partial charge in [-0.2, -0.15) is 9.50 Å². The van der Waals surface area contributed by atoms with Crippen LogP contribution in [0.3, 0.4) is 0 Å². The van der Waals surface area contributed by atoms with Crippen LogP contribution >= 0.6 is 0 Å². The third-order valence-corrected chi connectivity index (χ3v) is 4.90. The van der Waals surface area contributed by atoms with Crippen LogP contribution in [0.2, 0.25) is 0 Å². The molecule has 11 heteroatoms. The molecule has 120 valence electrons. The number of carboxylic acid groups (broad SMARTS) is 1. The molecule has 0 saturated carbocycles. The van der Waals surface area contributed by atoms with E-state index in [1.54, 1.807) is 0 Å². The van der Waals surface area contributed by atoms with Crippen LogP contribution in [0.4, 0.5) is 4.79 Å². The van der Waals surface area contributed by atoms with Crippen LogP contribution in [0.25, 0.3) is 16.6 Å². The topological polar surface area (TPSA) is 144 Å². The maximum Gasteiger partial charge on any atom is 0.513 e. The predicted octanol–water partition coefficient (Wildman–Crippen LogP) is 0.421. The van der Waals surface area contributed by atoms with Gasteiger partial charge in [-0.1, -0.05) is 6.92 Å². The summed E-state index contributed by atoms with van der Waals surface area (Å²) in [5.74, 6) is -0.0851. The van der Waals surface area contributed by atoms with Crippen LogP contribution in [-0.2, 0) is 9.84 Å². The zero-order valence-electron chi connectivity index (χ0n) is 11.7. The third-order valence-electron chi connectivity index (χ3n) is 3.17. The minimum Gasteiger partial charge on any atom is -0.449 e. The molecule has 2 aromatic heterocycles. The van der Waals surface area contributed by atoms with E-state index in [4.69, 9.17) is 5.11 Å². The first-order chi connectivity index (χ1) is 10.8. The zero-order valence-corrected chi connectivity index (χ0v) is 12.5. The number of ether oxygens (including phenoxy) is 1. The monoisotopic (exact) mass is 338 g/mol. The Morgan fingerprint density at radius 3 is 2.83 bits per heavy atom. The van der Waals surface area contributed by atoms with Crippen molar-refractivity contribution < 1.29 is 23.1 Å². The molecule has 0 unspecified atom stereocenters. The van der Waals surface area contributed by atoms with E-state index in [1.165, 1.54) is 25.1 Å². The molecule has 10 nitrogen and oxygen atoms in total. The van der Waals surface area contributed by atoms with Crippen molar-refractivity contribution in [2.45, 2.75) is 11.8 Å². The number of fused-ring (bicyclic) bond motifs is 3. The second-order valence-corrected chi connectivity index (χ2v) is 6.82. The molecule has 0 saturated heterocycles. The Kier molecular flexibility index (Phi) is 3.29. The van der Waals surface area contributed by atoms with Crippen molar-refractivity contribution in [2.24, 2.45) is 0 Å². The highest BCUT2D eigenvalue weighted by Crippen LogP contribution is 2.21. The molecule has 0 aliphatic carbocycles. The van der Waals surface area contributed by atoms with Crippen molar-refractivity contribution >= 4 is 32.5 Å². The highest BCUT2D eigenvalue weighted by atomic mass is 32.2. The summed E-state index contributed by atoms with van der Waals surface area (Å²) >= 11 is 0. The van der Waals surface area contributed by atoms with Crippen LogP contribution in [0.15, 0.2) is 27.9 Å².